The number of thiophene rings is 1. The van der Waals surface area contributed by atoms with Crippen LogP contribution in [0, 0.1) is 5.92 Å². The molecular weight excluding hydrogens is 370 g/mol. The van der Waals surface area contributed by atoms with Crippen molar-refractivity contribution in [3.05, 3.63) is 17.3 Å². The molecular formula is C21H31N5OS. The fourth-order valence-corrected chi connectivity index (χ4v) is 5.30. The van der Waals surface area contributed by atoms with Gasteiger partial charge in [-0.2, -0.15) is 0 Å². The van der Waals surface area contributed by atoms with E-state index >= 15 is 0 Å². The molecule has 0 spiro atoms. The molecule has 1 N–H and O–H groups in total. The molecule has 7 heteroatoms. The lowest BCUT2D eigenvalue weighted by Crippen LogP contribution is -2.45. The van der Waals surface area contributed by atoms with E-state index in [-0.39, 0.29) is 11.8 Å². The predicted octanol–water partition coefficient (Wildman–Crippen LogP) is 3.07. The number of nitrogens with one attached hydrogen (secondary N) is 1. The molecule has 2 aliphatic rings. The summed E-state index contributed by atoms with van der Waals surface area (Å²) >= 11 is 1.75. The second-order valence-corrected chi connectivity index (χ2v) is 9.08. The van der Waals surface area contributed by atoms with E-state index in [9.17, 15) is 4.79 Å². The van der Waals surface area contributed by atoms with E-state index in [2.05, 4.69) is 38.1 Å². The number of carbonyl (C=O) groups is 1. The molecule has 0 bridgehead atoms. The van der Waals surface area contributed by atoms with E-state index < -0.39 is 0 Å². The van der Waals surface area contributed by atoms with E-state index in [1.807, 2.05) is 0 Å². The lowest BCUT2D eigenvalue weighted by Gasteiger charge is -2.33. The van der Waals surface area contributed by atoms with Crippen LogP contribution in [-0.2, 0) is 11.2 Å². The Balaban J connectivity index is 1.36. The number of piperidine rings is 2. The molecule has 2 saturated heterocycles. The van der Waals surface area contributed by atoms with Crippen molar-refractivity contribution >= 4 is 33.3 Å². The topological polar surface area (TPSA) is 61.4 Å². The van der Waals surface area contributed by atoms with Gasteiger partial charge in [0.2, 0.25) is 5.91 Å². The van der Waals surface area contributed by atoms with Gasteiger partial charge in [0.05, 0.1) is 11.3 Å². The van der Waals surface area contributed by atoms with E-state index in [1.165, 1.54) is 37.2 Å². The van der Waals surface area contributed by atoms with Crippen molar-refractivity contribution in [1.29, 1.82) is 0 Å². The summed E-state index contributed by atoms with van der Waals surface area (Å²) in [5.74, 6) is 1.24. The maximum atomic E-state index is 12.7. The van der Waals surface area contributed by atoms with Gasteiger partial charge in [-0.25, -0.2) is 9.97 Å². The molecule has 4 rings (SSSR count). The zero-order valence-electron chi connectivity index (χ0n) is 16.8. The summed E-state index contributed by atoms with van der Waals surface area (Å²) in [4.78, 5) is 28.9. The average molecular weight is 402 g/mol. The summed E-state index contributed by atoms with van der Waals surface area (Å²) in [7, 11) is 0. The standard InChI is InChI=1S/C21H31N5OS/c1-2-17-13-18-19(23-15-24-21(18)28-17)26-11-6-7-16(14-26)20(27)22-8-12-25-9-4-3-5-10-25/h13,15-16H,2-12,14H2,1H3,(H,22,27). The van der Waals surface area contributed by atoms with Gasteiger partial charge in [0.15, 0.2) is 0 Å². The molecule has 0 radical (unpaired) electrons. The first-order valence-corrected chi connectivity index (χ1v) is 11.5. The molecule has 6 nitrogen and oxygen atoms in total. The molecule has 4 heterocycles. The minimum Gasteiger partial charge on any atom is -0.355 e. The maximum Gasteiger partial charge on any atom is 0.224 e. The number of rotatable bonds is 6. The number of aromatic nitrogens is 2. The number of carbonyl (C=O) groups excluding carboxylic acids is 1. The summed E-state index contributed by atoms with van der Waals surface area (Å²) in [6, 6.07) is 2.22. The number of aryl methyl sites for hydroxylation is 1. The lowest BCUT2D eigenvalue weighted by molar-refractivity contribution is -0.125. The number of anilines is 1. The van der Waals surface area contributed by atoms with E-state index in [1.54, 1.807) is 17.7 Å². The lowest BCUT2D eigenvalue weighted by atomic mass is 9.97. The van der Waals surface area contributed by atoms with Gasteiger partial charge in [-0.05, 0) is 51.3 Å². The first kappa shape index (κ1) is 19.6. The van der Waals surface area contributed by atoms with Crippen LogP contribution < -0.4 is 10.2 Å². The van der Waals surface area contributed by atoms with Gasteiger partial charge in [-0.1, -0.05) is 13.3 Å². The highest BCUT2D eigenvalue weighted by molar-refractivity contribution is 7.18. The number of nitrogens with zero attached hydrogens (tertiary/aromatic N) is 4. The second kappa shape index (κ2) is 9.18. The molecule has 2 aromatic rings. The summed E-state index contributed by atoms with van der Waals surface area (Å²) in [5, 5.41) is 4.32. The third-order valence-corrected chi connectivity index (χ3v) is 7.16. The Kier molecular flexibility index (Phi) is 6.42. The zero-order valence-corrected chi connectivity index (χ0v) is 17.6. The molecule has 1 atom stereocenters. The Bertz CT molecular complexity index is 801. The Morgan fingerprint density at radius 2 is 2.07 bits per heavy atom. The molecule has 28 heavy (non-hydrogen) atoms. The minimum atomic E-state index is 0.0457. The smallest absolute Gasteiger partial charge is 0.224 e. The Morgan fingerprint density at radius 3 is 2.89 bits per heavy atom. The predicted molar refractivity (Wildman–Crippen MR) is 115 cm³/mol. The summed E-state index contributed by atoms with van der Waals surface area (Å²) in [5.41, 5.74) is 0. The first-order valence-electron chi connectivity index (χ1n) is 10.7. The van der Waals surface area contributed by atoms with Gasteiger partial charge in [0.1, 0.15) is 17.0 Å². The van der Waals surface area contributed by atoms with Crippen molar-refractivity contribution in [1.82, 2.24) is 20.2 Å². The highest BCUT2D eigenvalue weighted by atomic mass is 32.1. The van der Waals surface area contributed by atoms with Crippen LogP contribution in [0.3, 0.4) is 0 Å². The van der Waals surface area contributed by atoms with Crippen LogP contribution in [0.4, 0.5) is 5.82 Å². The molecule has 0 saturated carbocycles. The fourth-order valence-electron chi connectivity index (χ4n) is 4.37. The van der Waals surface area contributed by atoms with Gasteiger partial charge in [-0.15, -0.1) is 11.3 Å². The third-order valence-electron chi connectivity index (χ3n) is 5.98. The number of fused-ring (bicyclic) bond motifs is 1. The minimum absolute atomic E-state index is 0.0457. The quantitative estimate of drug-likeness (QED) is 0.806. The highest BCUT2D eigenvalue weighted by Crippen LogP contribution is 2.32. The molecule has 2 aliphatic heterocycles. The van der Waals surface area contributed by atoms with Crippen molar-refractivity contribution in [3.63, 3.8) is 0 Å². The van der Waals surface area contributed by atoms with Crippen LogP contribution >= 0.6 is 11.3 Å². The van der Waals surface area contributed by atoms with Gasteiger partial charge in [-0.3, -0.25) is 4.79 Å². The van der Waals surface area contributed by atoms with Crippen molar-refractivity contribution in [2.75, 3.05) is 44.2 Å². The molecule has 152 valence electrons. The van der Waals surface area contributed by atoms with Crippen molar-refractivity contribution in [2.24, 2.45) is 5.92 Å². The molecule has 0 aromatic carbocycles. The maximum absolute atomic E-state index is 12.7. The molecule has 2 aromatic heterocycles. The van der Waals surface area contributed by atoms with Crippen LogP contribution in [0.15, 0.2) is 12.4 Å². The third kappa shape index (κ3) is 4.46. The van der Waals surface area contributed by atoms with Gasteiger partial charge < -0.3 is 15.1 Å². The Morgan fingerprint density at radius 1 is 1.21 bits per heavy atom. The number of hydrogen-bond acceptors (Lipinski definition) is 6. The monoisotopic (exact) mass is 401 g/mol. The van der Waals surface area contributed by atoms with Crippen LogP contribution in [0.1, 0.15) is 43.9 Å². The fraction of sp³-hybridized carbons (Fsp3) is 0.667. The van der Waals surface area contributed by atoms with E-state index in [0.717, 1.165) is 61.5 Å². The highest BCUT2D eigenvalue weighted by Gasteiger charge is 2.27. The molecule has 1 unspecified atom stereocenters. The van der Waals surface area contributed by atoms with Crippen molar-refractivity contribution in [3.8, 4) is 0 Å². The van der Waals surface area contributed by atoms with Crippen LogP contribution in [0.2, 0.25) is 0 Å². The Hall–Kier alpha value is -1.73. The van der Waals surface area contributed by atoms with E-state index in [0.29, 0.717) is 0 Å². The first-order chi connectivity index (χ1) is 13.7. The largest absolute Gasteiger partial charge is 0.355 e. The number of amides is 1. The van der Waals surface area contributed by atoms with Crippen LogP contribution in [-0.4, -0.2) is 60.0 Å². The molecule has 2 fully saturated rings. The second-order valence-electron chi connectivity index (χ2n) is 7.96. The van der Waals surface area contributed by atoms with Gasteiger partial charge >= 0.3 is 0 Å². The summed E-state index contributed by atoms with van der Waals surface area (Å²) in [6.45, 7) is 7.97. The molecule has 0 aliphatic carbocycles. The van der Waals surface area contributed by atoms with Crippen LogP contribution in [0.5, 0.6) is 0 Å². The van der Waals surface area contributed by atoms with Crippen molar-refractivity contribution in [2.45, 2.75) is 45.4 Å². The van der Waals surface area contributed by atoms with E-state index in [4.69, 9.17) is 0 Å². The Labute approximate surface area is 171 Å². The summed E-state index contributed by atoms with van der Waals surface area (Å²) in [6.07, 6.45) is 8.60. The van der Waals surface area contributed by atoms with Gasteiger partial charge in [0, 0.05) is 31.1 Å². The normalized spacial score (nSPS) is 21.2. The SMILES string of the molecule is CCc1cc2c(N3CCCC(C(=O)NCCN4CCCCC4)C3)ncnc2s1. The summed E-state index contributed by atoms with van der Waals surface area (Å²) < 4.78 is 0. The van der Waals surface area contributed by atoms with Crippen molar-refractivity contribution < 1.29 is 4.79 Å². The molecule has 1 amide bonds. The number of hydrogen-bond donors (Lipinski definition) is 1. The van der Waals surface area contributed by atoms with Gasteiger partial charge in [0.25, 0.3) is 0 Å². The zero-order chi connectivity index (χ0) is 19.3. The van der Waals surface area contributed by atoms with Crippen LogP contribution in [0.25, 0.3) is 10.2 Å². The number of likely N-dealkylation sites (tertiary alicyclic amines) is 1. The average Bonchev–Trinajstić information content (AvgIpc) is 3.18.